The lowest BCUT2D eigenvalue weighted by Gasteiger charge is -2.27. The summed E-state index contributed by atoms with van der Waals surface area (Å²) in [4.78, 5) is 0. The summed E-state index contributed by atoms with van der Waals surface area (Å²) >= 11 is 0. The number of unbranched alkanes of at least 4 members (excludes halogenated alkanes) is 1. The van der Waals surface area contributed by atoms with Gasteiger partial charge in [-0.3, -0.25) is 0 Å². The second-order valence-corrected chi connectivity index (χ2v) is 6.39. The number of hydrogen-bond acceptors (Lipinski definition) is 3. The lowest BCUT2D eigenvalue weighted by molar-refractivity contribution is 0.338. The third kappa shape index (κ3) is 4.34. The molecule has 4 nitrogen and oxygen atoms in total. The van der Waals surface area contributed by atoms with Gasteiger partial charge in [0.15, 0.2) is 5.75 Å². The van der Waals surface area contributed by atoms with Gasteiger partial charge in [0, 0.05) is 12.6 Å². The van der Waals surface area contributed by atoms with Crippen molar-refractivity contribution in [1.82, 2.24) is 4.31 Å². The summed E-state index contributed by atoms with van der Waals surface area (Å²) in [5.74, 6) is -0.464. The van der Waals surface area contributed by atoms with Gasteiger partial charge in [-0.15, -0.1) is 0 Å². The Hall–Kier alpha value is -1.38. The fourth-order valence-corrected chi connectivity index (χ4v) is 3.29. The molecule has 5 heteroatoms. The van der Waals surface area contributed by atoms with Crippen molar-refractivity contribution in [3.8, 4) is 6.07 Å². The number of rotatable bonds is 7. The summed E-state index contributed by atoms with van der Waals surface area (Å²) in [6.45, 7) is 4.33. The van der Waals surface area contributed by atoms with E-state index in [9.17, 15) is 8.42 Å². The standard InChI is InChI=1S/C14H20N2O2S/c1-3-4-11-16(19(17,18)12-10-15)13(2)14-8-6-5-7-9-14/h5-9,13H,3-4,11-12H2,1-2H3. The molecule has 1 aromatic carbocycles. The fourth-order valence-electron chi connectivity index (χ4n) is 1.95. The molecule has 1 rings (SSSR count). The van der Waals surface area contributed by atoms with Crippen LogP contribution in [0.1, 0.15) is 38.3 Å². The number of hydrogen-bond donors (Lipinski definition) is 0. The van der Waals surface area contributed by atoms with Gasteiger partial charge in [0.1, 0.15) is 0 Å². The first-order valence-electron chi connectivity index (χ1n) is 6.44. The minimum atomic E-state index is -3.52. The average molecular weight is 280 g/mol. The van der Waals surface area contributed by atoms with Crippen LogP contribution in [0.25, 0.3) is 0 Å². The molecule has 0 fully saturated rings. The van der Waals surface area contributed by atoms with Crippen LogP contribution in [0, 0.1) is 11.3 Å². The van der Waals surface area contributed by atoms with Gasteiger partial charge in [0.2, 0.25) is 10.0 Å². The second kappa shape index (κ2) is 7.27. The van der Waals surface area contributed by atoms with Crippen molar-refractivity contribution in [3.05, 3.63) is 35.9 Å². The van der Waals surface area contributed by atoms with Gasteiger partial charge in [-0.2, -0.15) is 9.57 Å². The highest BCUT2D eigenvalue weighted by Crippen LogP contribution is 2.23. The normalized spacial score (nSPS) is 13.2. The van der Waals surface area contributed by atoms with E-state index in [-0.39, 0.29) is 6.04 Å². The molecule has 1 aromatic rings. The number of benzene rings is 1. The molecule has 0 aliphatic rings. The van der Waals surface area contributed by atoms with E-state index in [0.29, 0.717) is 6.54 Å². The summed E-state index contributed by atoms with van der Waals surface area (Å²) < 4.78 is 25.7. The van der Waals surface area contributed by atoms with Crippen molar-refractivity contribution in [2.45, 2.75) is 32.7 Å². The zero-order valence-corrected chi connectivity index (χ0v) is 12.2. The van der Waals surface area contributed by atoms with Crippen LogP contribution in [0.2, 0.25) is 0 Å². The molecule has 0 N–H and O–H groups in total. The van der Waals surface area contributed by atoms with Crippen molar-refractivity contribution in [2.75, 3.05) is 12.3 Å². The maximum absolute atomic E-state index is 12.2. The van der Waals surface area contributed by atoms with Gasteiger partial charge in [-0.25, -0.2) is 8.42 Å². The Morgan fingerprint density at radius 2 is 1.95 bits per heavy atom. The quantitative estimate of drug-likeness (QED) is 0.771. The van der Waals surface area contributed by atoms with Crippen molar-refractivity contribution in [1.29, 1.82) is 5.26 Å². The minimum absolute atomic E-state index is 0.244. The molecule has 0 aliphatic carbocycles. The molecule has 1 unspecified atom stereocenters. The topological polar surface area (TPSA) is 61.2 Å². The highest BCUT2D eigenvalue weighted by Gasteiger charge is 2.27. The summed E-state index contributed by atoms with van der Waals surface area (Å²) in [5, 5.41) is 8.67. The zero-order valence-electron chi connectivity index (χ0n) is 11.4. The summed E-state index contributed by atoms with van der Waals surface area (Å²) in [6, 6.07) is 11.0. The van der Waals surface area contributed by atoms with Crippen molar-refractivity contribution >= 4 is 10.0 Å². The van der Waals surface area contributed by atoms with Gasteiger partial charge < -0.3 is 0 Å². The predicted octanol–water partition coefficient (Wildman–Crippen LogP) is 2.70. The van der Waals surface area contributed by atoms with E-state index >= 15 is 0 Å². The van der Waals surface area contributed by atoms with E-state index < -0.39 is 15.8 Å². The Morgan fingerprint density at radius 1 is 1.32 bits per heavy atom. The Labute approximate surface area is 115 Å². The Balaban J connectivity index is 3.01. The molecule has 0 saturated heterocycles. The second-order valence-electron chi connectivity index (χ2n) is 4.47. The molecule has 104 valence electrons. The van der Waals surface area contributed by atoms with Gasteiger partial charge in [0.25, 0.3) is 0 Å². The lowest BCUT2D eigenvalue weighted by Crippen LogP contribution is -2.35. The van der Waals surface area contributed by atoms with Gasteiger partial charge >= 0.3 is 0 Å². The van der Waals surface area contributed by atoms with E-state index in [4.69, 9.17) is 5.26 Å². The van der Waals surface area contributed by atoms with E-state index in [1.165, 1.54) is 4.31 Å². The molecule has 0 amide bonds. The summed E-state index contributed by atoms with van der Waals surface area (Å²) in [6.07, 6.45) is 1.71. The maximum Gasteiger partial charge on any atom is 0.228 e. The molecule has 0 heterocycles. The maximum atomic E-state index is 12.2. The van der Waals surface area contributed by atoms with Crippen LogP contribution in [-0.4, -0.2) is 25.0 Å². The van der Waals surface area contributed by atoms with Crippen molar-refractivity contribution in [2.24, 2.45) is 0 Å². The largest absolute Gasteiger partial charge is 0.228 e. The lowest BCUT2D eigenvalue weighted by atomic mass is 10.1. The third-order valence-electron chi connectivity index (χ3n) is 3.05. The van der Waals surface area contributed by atoms with Crippen LogP contribution in [0.5, 0.6) is 0 Å². The predicted molar refractivity (Wildman–Crippen MR) is 75.9 cm³/mol. The van der Waals surface area contributed by atoms with E-state index in [2.05, 4.69) is 0 Å². The molecular formula is C14H20N2O2S. The highest BCUT2D eigenvalue weighted by atomic mass is 32.2. The van der Waals surface area contributed by atoms with Crippen LogP contribution in [0.4, 0.5) is 0 Å². The molecule has 0 aromatic heterocycles. The van der Waals surface area contributed by atoms with Gasteiger partial charge in [-0.1, -0.05) is 43.7 Å². The molecule has 1 atom stereocenters. The molecule has 0 aliphatic heterocycles. The first-order chi connectivity index (χ1) is 9.03. The Kier molecular flexibility index (Phi) is 6.00. The number of nitrogens with zero attached hydrogens (tertiary/aromatic N) is 2. The third-order valence-corrected chi connectivity index (χ3v) is 4.76. The van der Waals surface area contributed by atoms with Gasteiger partial charge in [0.05, 0.1) is 6.07 Å². The zero-order chi connectivity index (χ0) is 14.3. The van der Waals surface area contributed by atoms with E-state index in [1.807, 2.05) is 44.2 Å². The van der Waals surface area contributed by atoms with Crippen molar-refractivity contribution < 1.29 is 8.42 Å². The Bertz CT molecular complexity index is 520. The van der Waals surface area contributed by atoms with Crippen LogP contribution in [-0.2, 0) is 10.0 Å². The van der Waals surface area contributed by atoms with Crippen LogP contribution < -0.4 is 0 Å². The SMILES string of the molecule is CCCCN(C(C)c1ccccc1)S(=O)(=O)CC#N. The number of nitriles is 1. The minimum Gasteiger partial charge on any atom is -0.211 e. The average Bonchev–Trinajstić information content (AvgIpc) is 2.39. The highest BCUT2D eigenvalue weighted by molar-refractivity contribution is 7.89. The fraction of sp³-hybridized carbons (Fsp3) is 0.500. The van der Waals surface area contributed by atoms with Crippen molar-refractivity contribution in [3.63, 3.8) is 0 Å². The van der Waals surface area contributed by atoms with Crippen LogP contribution in [0.15, 0.2) is 30.3 Å². The van der Waals surface area contributed by atoms with E-state index in [0.717, 1.165) is 18.4 Å². The molecule has 0 saturated carbocycles. The summed E-state index contributed by atoms with van der Waals surface area (Å²) in [7, 11) is -3.52. The van der Waals surface area contributed by atoms with E-state index in [1.54, 1.807) is 6.07 Å². The monoisotopic (exact) mass is 280 g/mol. The smallest absolute Gasteiger partial charge is 0.211 e. The first-order valence-corrected chi connectivity index (χ1v) is 8.05. The molecule has 19 heavy (non-hydrogen) atoms. The molecule has 0 bridgehead atoms. The molecule has 0 radical (unpaired) electrons. The summed E-state index contributed by atoms with van der Waals surface area (Å²) in [5.41, 5.74) is 0.945. The Morgan fingerprint density at radius 3 is 2.47 bits per heavy atom. The van der Waals surface area contributed by atoms with Crippen LogP contribution >= 0.6 is 0 Å². The number of sulfonamides is 1. The van der Waals surface area contributed by atoms with Crippen LogP contribution in [0.3, 0.4) is 0 Å². The molecular weight excluding hydrogens is 260 g/mol. The molecule has 0 spiro atoms. The first kappa shape index (κ1) is 15.7. The van der Waals surface area contributed by atoms with Gasteiger partial charge in [-0.05, 0) is 18.9 Å².